The van der Waals surface area contributed by atoms with E-state index < -0.39 is 17.1 Å². The molecule has 0 spiro atoms. The molecule has 0 radical (unpaired) electrons. The molecule has 0 atom stereocenters. The van der Waals surface area contributed by atoms with Crippen molar-refractivity contribution in [3.8, 4) is 0 Å². The fourth-order valence-corrected chi connectivity index (χ4v) is 3.55. The Morgan fingerprint density at radius 3 is 2.32 bits per heavy atom. The Labute approximate surface area is 174 Å². The van der Waals surface area contributed by atoms with E-state index in [1.54, 1.807) is 16.7 Å². The predicted molar refractivity (Wildman–Crippen MR) is 111 cm³/mol. The van der Waals surface area contributed by atoms with E-state index in [2.05, 4.69) is 10.1 Å². The largest absolute Gasteiger partial charge is 0.332 e. The van der Waals surface area contributed by atoms with Crippen molar-refractivity contribution in [1.82, 2.24) is 18.7 Å². The van der Waals surface area contributed by atoms with Gasteiger partial charge in [0.15, 0.2) is 16.9 Å². The zero-order valence-corrected chi connectivity index (χ0v) is 17.1. The van der Waals surface area contributed by atoms with Crippen LogP contribution in [0.5, 0.6) is 0 Å². The number of benzene rings is 1. The number of fused-ring (bicyclic) bond motifs is 3. The molecule has 2 aromatic heterocycles. The molecule has 4 rings (SSSR count). The van der Waals surface area contributed by atoms with Crippen LogP contribution in [-0.4, -0.2) is 42.5 Å². The molecule has 11 heteroatoms. The van der Waals surface area contributed by atoms with E-state index in [9.17, 15) is 23.6 Å². The fourth-order valence-electron chi connectivity index (χ4n) is 3.55. The lowest BCUT2D eigenvalue weighted by atomic mass is 10.1. The molecule has 1 aliphatic rings. The van der Waals surface area contributed by atoms with Gasteiger partial charge >= 0.3 is 5.69 Å². The first-order chi connectivity index (χ1) is 14.7. The van der Waals surface area contributed by atoms with Crippen molar-refractivity contribution < 1.29 is 14.0 Å². The number of hydrogen-bond acceptors (Lipinski definition) is 7. The molecule has 0 saturated carbocycles. The number of hydrogen-bond donors (Lipinski definition) is 0. The van der Waals surface area contributed by atoms with E-state index in [0.717, 1.165) is 4.57 Å². The number of halogens is 1. The molecule has 0 fully saturated rings. The number of rotatable bonds is 5. The summed E-state index contributed by atoms with van der Waals surface area (Å²) in [5.74, 6) is -0.713. The van der Waals surface area contributed by atoms with E-state index in [-0.39, 0.29) is 48.3 Å². The van der Waals surface area contributed by atoms with Crippen molar-refractivity contribution >= 4 is 34.4 Å². The number of hydrazone groups is 1. The first-order valence-corrected chi connectivity index (χ1v) is 9.47. The van der Waals surface area contributed by atoms with Crippen LogP contribution in [0.25, 0.3) is 11.2 Å². The Kier molecular flexibility index (Phi) is 4.88. The summed E-state index contributed by atoms with van der Waals surface area (Å²) in [4.78, 5) is 53.6. The molecule has 3 aromatic rings. The summed E-state index contributed by atoms with van der Waals surface area (Å²) in [6.45, 7) is 2.32. The number of imidazole rings is 1. The van der Waals surface area contributed by atoms with Crippen molar-refractivity contribution in [2.45, 2.75) is 26.9 Å². The highest BCUT2D eigenvalue weighted by atomic mass is 19.1. The monoisotopic (exact) mass is 426 g/mol. The standard InChI is InChI=1S/C20H19FN6O4/c1-11(28)8-26-18(30)16-17(24(3)20(26)31)22-19-25(16)10-15(23-27(19)9-12(2)29)13-4-6-14(21)7-5-13/h4-7H,8-10H2,1-3H3. The predicted octanol–water partition coefficient (Wildman–Crippen LogP) is 0.438. The van der Waals surface area contributed by atoms with Crippen molar-refractivity contribution in [2.75, 3.05) is 11.6 Å². The van der Waals surface area contributed by atoms with Gasteiger partial charge in [0.05, 0.1) is 18.8 Å². The minimum absolute atomic E-state index is 0.108. The molecular formula is C20H19FN6O4. The molecule has 31 heavy (non-hydrogen) atoms. The van der Waals surface area contributed by atoms with E-state index in [0.29, 0.717) is 11.3 Å². The van der Waals surface area contributed by atoms with Crippen molar-refractivity contribution in [2.24, 2.45) is 12.1 Å². The number of aromatic nitrogens is 4. The van der Waals surface area contributed by atoms with Gasteiger partial charge in [-0.2, -0.15) is 10.1 Å². The highest BCUT2D eigenvalue weighted by Crippen LogP contribution is 2.25. The number of anilines is 1. The van der Waals surface area contributed by atoms with Crippen LogP contribution in [-0.2, 0) is 29.7 Å². The number of Topliss-reactive ketones (excluding diaryl/α,β-unsaturated/α-hetero) is 2. The molecule has 10 nitrogen and oxygen atoms in total. The van der Waals surface area contributed by atoms with Crippen LogP contribution >= 0.6 is 0 Å². The van der Waals surface area contributed by atoms with Gasteiger partial charge < -0.3 is 0 Å². The van der Waals surface area contributed by atoms with Crippen LogP contribution < -0.4 is 16.3 Å². The smallest absolute Gasteiger partial charge is 0.298 e. The Balaban J connectivity index is 1.98. The topological polar surface area (TPSA) is 112 Å². The van der Waals surface area contributed by atoms with Gasteiger partial charge in [0, 0.05) is 7.05 Å². The first-order valence-electron chi connectivity index (χ1n) is 9.47. The third kappa shape index (κ3) is 3.47. The molecule has 1 aromatic carbocycles. The molecule has 0 unspecified atom stereocenters. The van der Waals surface area contributed by atoms with E-state index in [1.165, 1.54) is 42.6 Å². The summed E-state index contributed by atoms with van der Waals surface area (Å²) in [5.41, 5.74) is 0.00204. The fraction of sp³-hybridized carbons (Fsp3) is 0.300. The third-order valence-electron chi connectivity index (χ3n) is 4.92. The maximum atomic E-state index is 13.4. The number of carbonyl (C=O) groups excluding carboxylic acids is 2. The van der Waals surface area contributed by atoms with Crippen LogP contribution in [0.15, 0.2) is 39.0 Å². The van der Waals surface area contributed by atoms with E-state index >= 15 is 0 Å². The van der Waals surface area contributed by atoms with Crippen LogP contribution in [0.2, 0.25) is 0 Å². The summed E-state index contributed by atoms with van der Waals surface area (Å²) in [7, 11) is 1.46. The van der Waals surface area contributed by atoms with Gasteiger partial charge in [0.2, 0.25) is 5.95 Å². The van der Waals surface area contributed by atoms with E-state index in [4.69, 9.17) is 0 Å². The van der Waals surface area contributed by atoms with E-state index in [1.807, 2.05) is 0 Å². The summed E-state index contributed by atoms with van der Waals surface area (Å²) in [6.07, 6.45) is 0. The minimum Gasteiger partial charge on any atom is -0.298 e. The second kappa shape index (κ2) is 7.42. The van der Waals surface area contributed by atoms with Gasteiger partial charge in [0.1, 0.15) is 18.1 Å². The molecule has 1 aliphatic heterocycles. The Hall–Kier alpha value is -3.89. The highest BCUT2D eigenvalue weighted by molar-refractivity contribution is 6.03. The molecule has 0 saturated heterocycles. The zero-order chi connectivity index (χ0) is 22.4. The summed E-state index contributed by atoms with van der Waals surface area (Å²) in [5, 5.41) is 5.84. The Bertz CT molecular complexity index is 1380. The number of ketones is 2. The zero-order valence-electron chi connectivity index (χ0n) is 17.1. The Morgan fingerprint density at radius 2 is 1.71 bits per heavy atom. The van der Waals surface area contributed by atoms with Crippen LogP contribution in [0.1, 0.15) is 19.4 Å². The van der Waals surface area contributed by atoms with Gasteiger partial charge in [-0.3, -0.25) is 28.1 Å². The van der Waals surface area contributed by atoms with Crippen molar-refractivity contribution in [3.63, 3.8) is 0 Å². The lowest BCUT2D eigenvalue weighted by Gasteiger charge is -2.25. The maximum Gasteiger partial charge on any atom is 0.332 e. The van der Waals surface area contributed by atoms with Crippen LogP contribution in [0.3, 0.4) is 0 Å². The minimum atomic E-state index is -0.666. The normalized spacial score (nSPS) is 13.3. The van der Waals surface area contributed by atoms with Gasteiger partial charge in [0.25, 0.3) is 5.56 Å². The molecule has 0 amide bonds. The third-order valence-corrected chi connectivity index (χ3v) is 4.92. The average Bonchev–Trinajstić information content (AvgIpc) is 3.09. The molecule has 0 N–H and O–H groups in total. The van der Waals surface area contributed by atoms with Crippen LogP contribution in [0.4, 0.5) is 10.3 Å². The van der Waals surface area contributed by atoms with Gasteiger partial charge in [-0.25, -0.2) is 14.2 Å². The highest BCUT2D eigenvalue weighted by Gasteiger charge is 2.29. The number of carbonyl (C=O) groups is 2. The lowest BCUT2D eigenvalue weighted by molar-refractivity contribution is -0.118. The summed E-state index contributed by atoms with van der Waals surface area (Å²) >= 11 is 0. The van der Waals surface area contributed by atoms with Crippen molar-refractivity contribution in [3.05, 3.63) is 56.5 Å². The average molecular weight is 426 g/mol. The van der Waals surface area contributed by atoms with Crippen LogP contribution in [0, 0.1) is 5.82 Å². The van der Waals surface area contributed by atoms with Gasteiger partial charge in [-0.1, -0.05) is 12.1 Å². The second-order valence-electron chi connectivity index (χ2n) is 7.42. The first kappa shape index (κ1) is 20.4. The molecular weight excluding hydrogens is 407 g/mol. The maximum absolute atomic E-state index is 13.4. The van der Waals surface area contributed by atoms with Gasteiger partial charge in [-0.05, 0) is 31.5 Å². The molecule has 3 heterocycles. The number of aryl methyl sites for hydroxylation is 1. The quantitative estimate of drug-likeness (QED) is 0.585. The van der Waals surface area contributed by atoms with Crippen molar-refractivity contribution in [1.29, 1.82) is 0 Å². The molecule has 160 valence electrons. The summed E-state index contributed by atoms with van der Waals surface area (Å²) < 4.78 is 17.0. The molecule has 0 bridgehead atoms. The number of nitrogens with zero attached hydrogens (tertiary/aromatic N) is 6. The summed E-state index contributed by atoms with van der Waals surface area (Å²) in [6, 6.07) is 5.68. The molecule has 0 aliphatic carbocycles. The second-order valence-corrected chi connectivity index (χ2v) is 7.42. The lowest BCUT2D eigenvalue weighted by Crippen LogP contribution is -2.41. The Morgan fingerprint density at radius 1 is 1.06 bits per heavy atom. The SMILES string of the molecule is CC(=O)CN1N=C(c2ccc(F)cc2)Cn2c1nc1c2c(=O)n(CC(C)=O)c(=O)n1C. The van der Waals surface area contributed by atoms with Gasteiger partial charge in [-0.15, -0.1) is 0 Å².